The van der Waals surface area contributed by atoms with Crippen LogP contribution in [0.2, 0.25) is 0 Å². The second-order valence-electron chi connectivity index (χ2n) is 2.41. The summed E-state index contributed by atoms with van der Waals surface area (Å²) in [5, 5.41) is 11.1. The first-order valence-electron chi connectivity index (χ1n) is 3.30. The predicted molar refractivity (Wildman–Crippen MR) is 40.2 cm³/mol. The number of anilines is 1. The number of nitrogen functional groups attached to an aromatic ring is 1. The standard InChI is InChI=1S/C6H7N5O/c1-11-2-8-3-4(11)9-6(7)10-5(3)12/h2H,1H3,(H3,7,9,10,12)/p-1. The van der Waals surface area contributed by atoms with Crippen LogP contribution in [0.25, 0.3) is 11.2 Å². The molecule has 0 fully saturated rings. The van der Waals surface area contributed by atoms with Gasteiger partial charge in [-0.25, -0.2) is 9.97 Å². The van der Waals surface area contributed by atoms with Crippen LogP contribution in [0.1, 0.15) is 0 Å². The molecule has 0 unspecified atom stereocenters. The summed E-state index contributed by atoms with van der Waals surface area (Å²) in [5.41, 5.74) is 6.01. The highest BCUT2D eigenvalue weighted by Crippen LogP contribution is 2.16. The van der Waals surface area contributed by atoms with E-state index in [0.29, 0.717) is 5.65 Å². The van der Waals surface area contributed by atoms with E-state index in [9.17, 15) is 5.11 Å². The van der Waals surface area contributed by atoms with Crippen molar-refractivity contribution in [2.75, 3.05) is 5.73 Å². The largest absolute Gasteiger partial charge is 0.857 e. The fraction of sp³-hybridized carbons (Fsp3) is 0.167. The summed E-state index contributed by atoms with van der Waals surface area (Å²) in [4.78, 5) is 11.1. The minimum Gasteiger partial charge on any atom is -0.857 e. The molecule has 62 valence electrons. The molecule has 2 N–H and O–H groups in total. The lowest BCUT2D eigenvalue weighted by atomic mass is 10.5. The third kappa shape index (κ3) is 0.777. The Morgan fingerprint density at radius 3 is 3.00 bits per heavy atom. The van der Waals surface area contributed by atoms with Crippen LogP contribution in [0.4, 0.5) is 5.95 Å². The highest BCUT2D eigenvalue weighted by atomic mass is 16.3. The zero-order valence-electron chi connectivity index (χ0n) is 6.35. The predicted octanol–water partition coefficient (Wildman–Crippen LogP) is -0.981. The lowest BCUT2D eigenvalue weighted by Crippen LogP contribution is -2.02. The molecule has 0 saturated heterocycles. The molecule has 2 heterocycles. The maximum atomic E-state index is 11.1. The summed E-state index contributed by atoms with van der Waals surface area (Å²) >= 11 is 0. The maximum Gasteiger partial charge on any atom is 0.221 e. The first-order valence-corrected chi connectivity index (χ1v) is 3.30. The number of aryl methyl sites for hydroxylation is 1. The van der Waals surface area contributed by atoms with E-state index in [0.717, 1.165) is 0 Å². The number of rotatable bonds is 0. The molecule has 6 nitrogen and oxygen atoms in total. The molecular weight excluding hydrogens is 158 g/mol. The van der Waals surface area contributed by atoms with Crippen molar-refractivity contribution >= 4 is 17.1 Å². The second-order valence-corrected chi connectivity index (χ2v) is 2.41. The Labute approximate surface area is 67.7 Å². The third-order valence-corrected chi connectivity index (χ3v) is 1.55. The molecular formula is C6H6N5O-. The van der Waals surface area contributed by atoms with Gasteiger partial charge >= 0.3 is 0 Å². The van der Waals surface area contributed by atoms with Gasteiger partial charge in [0, 0.05) is 12.9 Å². The van der Waals surface area contributed by atoms with Crippen molar-refractivity contribution in [2.24, 2.45) is 7.05 Å². The lowest BCUT2D eigenvalue weighted by molar-refractivity contribution is -0.272. The van der Waals surface area contributed by atoms with Crippen LogP contribution in [0.15, 0.2) is 6.33 Å². The maximum absolute atomic E-state index is 11.1. The third-order valence-electron chi connectivity index (χ3n) is 1.55. The highest BCUT2D eigenvalue weighted by molar-refractivity contribution is 5.76. The number of fused-ring (bicyclic) bond motifs is 1. The molecule has 0 saturated carbocycles. The highest BCUT2D eigenvalue weighted by Gasteiger charge is 2.03. The van der Waals surface area contributed by atoms with Crippen LogP contribution in [0.3, 0.4) is 0 Å². The average Bonchev–Trinajstić information content (AvgIpc) is 2.33. The van der Waals surface area contributed by atoms with E-state index in [1.165, 1.54) is 6.33 Å². The summed E-state index contributed by atoms with van der Waals surface area (Å²) < 4.78 is 1.62. The molecule has 0 aliphatic heterocycles. The summed E-state index contributed by atoms with van der Waals surface area (Å²) in [7, 11) is 1.74. The number of nitrogens with two attached hydrogens (primary N) is 1. The van der Waals surface area contributed by atoms with Crippen LogP contribution >= 0.6 is 0 Å². The van der Waals surface area contributed by atoms with E-state index in [4.69, 9.17) is 5.73 Å². The minimum absolute atomic E-state index is 0.0175. The van der Waals surface area contributed by atoms with E-state index in [1.807, 2.05) is 0 Å². The van der Waals surface area contributed by atoms with E-state index in [2.05, 4.69) is 15.0 Å². The van der Waals surface area contributed by atoms with Gasteiger partial charge in [0.05, 0.1) is 6.33 Å². The summed E-state index contributed by atoms with van der Waals surface area (Å²) in [5.74, 6) is -0.450. The normalized spacial score (nSPS) is 10.8. The van der Waals surface area contributed by atoms with Crippen molar-refractivity contribution in [3.05, 3.63) is 6.33 Å². The van der Waals surface area contributed by atoms with Gasteiger partial charge in [-0.05, 0) is 0 Å². The molecule has 0 amide bonds. The van der Waals surface area contributed by atoms with Crippen molar-refractivity contribution < 1.29 is 5.11 Å². The quantitative estimate of drug-likeness (QED) is 0.540. The number of aromatic nitrogens is 4. The van der Waals surface area contributed by atoms with Gasteiger partial charge in [0.1, 0.15) is 5.52 Å². The Balaban J connectivity index is 2.92. The molecule has 2 aromatic heterocycles. The molecule has 12 heavy (non-hydrogen) atoms. The van der Waals surface area contributed by atoms with Crippen LogP contribution in [0.5, 0.6) is 5.88 Å². The van der Waals surface area contributed by atoms with E-state index < -0.39 is 5.88 Å². The lowest BCUT2D eigenvalue weighted by Gasteiger charge is -2.04. The van der Waals surface area contributed by atoms with Gasteiger partial charge in [0.2, 0.25) is 5.95 Å². The SMILES string of the molecule is Cn1cnc2c([O-])nc(N)nc21. The Morgan fingerprint density at radius 2 is 2.25 bits per heavy atom. The van der Waals surface area contributed by atoms with Gasteiger partial charge in [-0.1, -0.05) is 0 Å². The van der Waals surface area contributed by atoms with Gasteiger partial charge in [0.25, 0.3) is 0 Å². The first kappa shape index (κ1) is 6.84. The van der Waals surface area contributed by atoms with Gasteiger partial charge in [0.15, 0.2) is 5.65 Å². The molecule has 2 aromatic rings. The summed E-state index contributed by atoms with van der Waals surface area (Å²) in [6.45, 7) is 0. The van der Waals surface area contributed by atoms with E-state index >= 15 is 0 Å². The molecule has 0 aliphatic rings. The molecule has 0 aromatic carbocycles. The smallest absolute Gasteiger partial charge is 0.221 e. The van der Waals surface area contributed by atoms with Gasteiger partial charge in [-0.3, -0.25) is 0 Å². The van der Waals surface area contributed by atoms with Gasteiger partial charge in [-0.2, -0.15) is 4.98 Å². The second kappa shape index (κ2) is 2.07. The monoisotopic (exact) mass is 164 g/mol. The molecule has 0 spiro atoms. The Bertz CT molecular complexity index is 435. The molecule has 0 atom stereocenters. The molecule has 6 heteroatoms. The van der Waals surface area contributed by atoms with Crippen molar-refractivity contribution in [3.8, 4) is 5.88 Å². The molecule has 2 rings (SSSR count). The van der Waals surface area contributed by atoms with Gasteiger partial charge < -0.3 is 15.4 Å². The zero-order chi connectivity index (χ0) is 8.72. The van der Waals surface area contributed by atoms with Crippen LogP contribution in [0, 0.1) is 0 Å². The fourth-order valence-electron chi connectivity index (χ4n) is 0.997. The Morgan fingerprint density at radius 1 is 1.50 bits per heavy atom. The van der Waals surface area contributed by atoms with Crippen molar-refractivity contribution in [2.45, 2.75) is 0 Å². The van der Waals surface area contributed by atoms with Gasteiger partial charge in [-0.15, -0.1) is 0 Å². The van der Waals surface area contributed by atoms with Crippen molar-refractivity contribution in [1.29, 1.82) is 0 Å². The van der Waals surface area contributed by atoms with Crippen molar-refractivity contribution in [3.63, 3.8) is 0 Å². The molecule has 0 aliphatic carbocycles. The number of hydrogen-bond donors (Lipinski definition) is 1. The van der Waals surface area contributed by atoms with Crippen LogP contribution < -0.4 is 10.8 Å². The molecule has 0 bridgehead atoms. The average molecular weight is 164 g/mol. The number of nitrogens with zero attached hydrogens (tertiary/aromatic N) is 4. The summed E-state index contributed by atoms with van der Waals surface area (Å²) in [6, 6.07) is 0. The Hall–Kier alpha value is -1.85. The number of imidazole rings is 1. The minimum atomic E-state index is -0.432. The zero-order valence-corrected chi connectivity index (χ0v) is 6.35. The van der Waals surface area contributed by atoms with E-state index in [1.54, 1.807) is 11.6 Å². The molecule has 0 radical (unpaired) electrons. The Kier molecular flexibility index (Phi) is 1.18. The van der Waals surface area contributed by atoms with E-state index in [-0.39, 0.29) is 11.5 Å². The van der Waals surface area contributed by atoms with Crippen LogP contribution in [-0.2, 0) is 7.05 Å². The summed E-state index contributed by atoms with van der Waals surface area (Å²) in [6.07, 6.45) is 1.50. The first-order chi connectivity index (χ1) is 5.68. The fourth-order valence-corrected chi connectivity index (χ4v) is 0.997. The topological polar surface area (TPSA) is 92.7 Å². The van der Waals surface area contributed by atoms with Crippen molar-refractivity contribution in [1.82, 2.24) is 19.5 Å². The van der Waals surface area contributed by atoms with Crippen LogP contribution in [-0.4, -0.2) is 19.5 Å². The number of hydrogen-bond acceptors (Lipinski definition) is 5.